The summed E-state index contributed by atoms with van der Waals surface area (Å²) in [7, 11) is 0. The second-order valence-electron chi connectivity index (χ2n) is 6.56. The van der Waals surface area contributed by atoms with E-state index in [0.29, 0.717) is 11.3 Å². The summed E-state index contributed by atoms with van der Waals surface area (Å²) in [5, 5.41) is 4.79. The third-order valence-corrected chi connectivity index (χ3v) is 4.59. The molecule has 1 aliphatic heterocycles. The molecule has 1 heterocycles. The fourth-order valence-electron chi connectivity index (χ4n) is 3.09. The van der Waals surface area contributed by atoms with Crippen LogP contribution in [-0.4, -0.2) is 24.6 Å². The molecule has 1 N–H and O–H groups in total. The van der Waals surface area contributed by atoms with E-state index in [1.807, 2.05) is 66.7 Å². The van der Waals surface area contributed by atoms with E-state index in [0.717, 1.165) is 22.1 Å². The van der Waals surface area contributed by atoms with E-state index in [1.54, 1.807) is 13.0 Å². The minimum atomic E-state index is -0.940. The standard InChI is InChI=1S/C23H19NO4/c1-15(22(25)24-20-11-6-9-16-7-2-4-10-19(16)20)28-23(26)18-13-17-8-3-5-12-21(17)27-14-18/h2-13,15H,14H2,1H3,(H,24,25)/t15-/m0/s1. The van der Waals surface area contributed by atoms with Crippen molar-refractivity contribution in [3.63, 3.8) is 0 Å². The van der Waals surface area contributed by atoms with Gasteiger partial charge in [0.25, 0.3) is 5.91 Å². The molecule has 0 radical (unpaired) electrons. The predicted octanol–water partition coefficient (Wildman–Crippen LogP) is 4.19. The monoisotopic (exact) mass is 373 g/mol. The predicted molar refractivity (Wildman–Crippen MR) is 108 cm³/mol. The van der Waals surface area contributed by atoms with Crippen LogP contribution in [0.15, 0.2) is 72.3 Å². The number of fused-ring (bicyclic) bond motifs is 2. The molecule has 0 fully saturated rings. The van der Waals surface area contributed by atoms with Gasteiger partial charge in [0, 0.05) is 16.6 Å². The van der Waals surface area contributed by atoms with Gasteiger partial charge in [0.05, 0.1) is 5.57 Å². The highest BCUT2D eigenvalue weighted by atomic mass is 16.6. The van der Waals surface area contributed by atoms with Crippen LogP contribution in [0.25, 0.3) is 16.8 Å². The van der Waals surface area contributed by atoms with Crippen molar-refractivity contribution in [3.8, 4) is 5.75 Å². The topological polar surface area (TPSA) is 64.6 Å². The Hall–Kier alpha value is -3.60. The van der Waals surface area contributed by atoms with Crippen LogP contribution in [0.1, 0.15) is 12.5 Å². The molecule has 0 unspecified atom stereocenters. The molecule has 3 aromatic carbocycles. The Bertz CT molecular complexity index is 1080. The molecule has 3 aromatic rings. The van der Waals surface area contributed by atoms with E-state index < -0.39 is 12.1 Å². The van der Waals surface area contributed by atoms with E-state index in [-0.39, 0.29) is 12.5 Å². The smallest absolute Gasteiger partial charge is 0.338 e. The Balaban J connectivity index is 1.45. The van der Waals surface area contributed by atoms with E-state index in [2.05, 4.69) is 5.32 Å². The number of anilines is 1. The van der Waals surface area contributed by atoms with Crippen molar-refractivity contribution in [1.82, 2.24) is 0 Å². The highest BCUT2D eigenvalue weighted by Gasteiger charge is 2.23. The number of nitrogens with one attached hydrogen (secondary N) is 1. The molecular weight excluding hydrogens is 354 g/mol. The maximum atomic E-state index is 12.5. The van der Waals surface area contributed by atoms with Crippen LogP contribution in [0.3, 0.4) is 0 Å². The summed E-state index contributed by atoms with van der Waals surface area (Å²) in [6.45, 7) is 1.67. The maximum Gasteiger partial charge on any atom is 0.338 e. The van der Waals surface area contributed by atoms with Crippen molar-refractivity contribution in [2.24, 2.45) is 0 Å². The SMILES string of the molecule is C[C@H](OC(=O)C1=Cc2ccccc2OC1)C(=O)Nc1cccc2ccccc12. The van der Waals surface area contributed by atoms with Crippen LogP contribution >= 0.6 is 0 Å². The van der Waals surface area contributed by atoms with Crippen molar-refractivity contribution in [3.05, 3.63) is 77.9 Å². The average molecular weight is 373 g/mol. The van der Waals surface area contributed by atoms with Gasteiger partial charge in [0.15, 0.2) is 6.10 Å². The summed E-state index contributed by atoms with van der Waals surface area (Å²) < 4.78 is 10.9. The molecule has 1 aliphatic rings. The normalized spacial score (nSPS) is 13.7. The lowest BCUT2D eigenvalue weighted by Crippen LogP contribution is -2.31. The second-order valence-corrected chi connectivity index (χ2v) is 6.56. The van der Waals surface area contributed by atoms with Gasteiger partial charge in [0.1, 0.15) is 12.4 Å². The number of ether oxygens (including phenoxy) is 2. The molecule has 0 spiro atoms. The number of hydrogen-bond acceptors (Lipinski definition) is 4. The summed E-state index contributed by atoms with van der Waals surface area (Å²) in [4.78, 5) is 25.0. The molecular formula is C23H19NO4. The zero-order valence-corrected chi connectivity index (χ0v) is 15.3. The van der Waals surface area contributed by atoms with E-state index in [4.69, 9.17) is 9.47 Å². The van der Waals surface area contributed by atoms with Crippen molar-refractivity contribution in [2.45, 2.75) is 13.0 Å². The first kappa shape index (κ1) is 17.8. The number of hydrogen-bond donors (Lipinski definition) is 1. The first-order valence-corrected chi connectivity index (χ1v) is 9.04. The van der Waals surface area contributed by atoms with Crippen LogP contribution in [0.4, 0.5) is 5.69 Å². The fraction of sp³-hybridized carbons (Fsp3) is 0.130. The van der Waals surface area contributed by atoms with E-state index in [9.17, 15) is 9.59 Å². The number of amides is 1. The van der Waals surface area contributed by atoms with Crippen LogP contribution in [0.5, 0.6) is 5.75 Å². The van der Waals surface area contributed by atoms with Gasteiger partial charge < -0.3 is 14.8 Å². The molecule has 1 atom stereocenters. The van der Waals surface area contributed by atoms with Gasteiger partial charge in [-0.3, -0.25) is 4.79 Å². The Morgan fingerprint density at radius 3 is 2.64 bits per heavy atom. The average Bonchev–Trinajstić information content (AvgIpc) is 2.73. The summed E-state index contributed by atoms with van der Waals surface area (Å²) in [5.41, 5.74) is 1.87. The number of para-hydroxylation sites is 1. The molecule has 0 aromatic heterocycles. The third kappa shape index (κ3) is 3.60. The van der Waals surface area contributed by atoms with Gasteiger partial charge >= 0.3 is 5.97 Å². The lowest BCUT2D eigenvalue weighted by Gasteiger charge is -2.19. The summed E-state index contributed by atoms with van der Waals surface area (Å²) in [6, 6.07) is 20.9. The van der Waals surface area contributed by atoms with Gasteiger partial charge in [-0.1, -0.05) is 54.6 Å². The molecule has 5 heteroatoms. The maximum absolute atomic E-state index is 12.5. The number of carbonyl (C=O) groups is 2. The Morgan fingerprint density at radius 1 is 1.00 bits per heavy atom. The highest BCUT2D eigenvalue weighted by molar-refractivity contribution is 6.04. The van der Waals surface area contributed by atoms with Crippen molar-refractivity contribution in [2.75, 3.05) is 11.9 Å². The molecule has 5 nitrogen and oxygen atoms in total. The lowest BCUT2D eigenvalue weighted by atomic mass is 10.1. The molecule has 0 aliphatic carbocycles. The van der Waals surface area contributed by atoms with Crippen molar-refractivity contribution >= 4 is 34.4 Å². The zero-order valence-electron chi connectivity index (χ0n) is 15.3. The molecule has 28 heavy (non-hydrogen) atoms. The van der Waals surface area contributed by atoms with E-state index >= 15 is 0 Å². The van der Waals surface area contributed by atoms with Crippen molar-refractivity contribution in [1.29, 1.82) is 0 Å². The molecule has 140 valence electrons. The molecule has 0 saturated heterocycles. The fourth-order valence-corrected chi connectivity index (χ4v) is 3.09. The number of rotatable bonds is 4. The largest absolute Gasteiger partial charge is 0.488 e. The third-order valence-electron chi connectivity index (χ3n) is 4.59. The molecule has 1 amide bonds. The van der Waals surface area contributed by atoms with Crippen LogP contribution in [-0.2, 0) is 14.3 Å². The highest BCUT2D eigenvalue weighted by Crippen LogP contribution is 2.26. The summed E-state index contributed by atoms with van der Waals surface area (Å²) in [5.74, 6) is -0.224. The second kappa shape index (κ2) is 7.56. The van der Waals surface area contributed by atoms with Gasteiger partial charge in [0.2, 0.25) is 0 Å². The minimum Gasteiger partial charge on any atom is -0.488 e. The Kier molecular flexibility index (Phi) is 4.81. The van der Waals surface area contributed by atoms with E-state index in [1.165, 1.54) is 0 Å². The quantitative estimate of drug-likeness (QED) is 0.697. The van der Waals surface area contributed by atoms with Gasteiger partial charge in [-0.25, -0.2) is 4.79 Å². The van der Waals surface area contributed by atoms with Gasteiger partial charge in [-0.2, -0.15) is 0 Å². The molecule has 0 saturated carbocycles. The molecule has 0 bridgehead atoms. The zero-order chi connectivity index (χ0) is 19.5. The minimum absolute atomic E-state index is 0.119. The number of carbonyl (C=O) groups excluding carboxylic acids is 2. The van der Waals surface area contributed by atoms with Gasteiger partial charge in [-0.15, -0.1) is 0 Å². The van der Waals surface area contributed by atoms with Crippen molar-refractivity contribution < 1.29 is 19.1 Å². The summed E-state index contributed by atoms with van der Waals surface area (Å²) >= 11 is 0. The van der Waals surface area contributed by atoms with Crippen LogP contribution in [0, 0.1) is 0 Å². The first-order chi connectivity index (χ1) is 13.6. The number of benzene rings is 3. The first-order valence-electron chi connectivity index (χ1n) is 9.04. The summed E-state index contributed by atoms with van der Waals surface area (Å²) in [6.07, 6.45) is 0.792. The van der Waals surface area contributed by atoms with Crippen LogP contribution < -0.4 is 10.1 Å². The van der Waals surface area contributed by atoms with Gasteiger partial charge in [-0.05, 0) is 30.5 Å². The lowest BCUT2D eigenvalue weighted by molar-refractivity contribution is -0.149. The number of esters is 1. The Labute approximate surface area is 162 Å². The van der Waals surface area contributed by atoms with Crippen LogP contribution in [0.2, 0.25) is 0 Å². The Morgan fingerprint density at radius 2 is 1.75 bits per heavy atom. The molecule has 4 rings (SSSR count).